The maximum absolute atomic E-state index is 12.1. The van der Waals surface area contributed by atoms with Crippen LogP contribution in [-0.2, 0) is 4.79 Å². The Morgan fingerprint density at radius 3 is 2.39 bits per heavy atom. The molecule has 1 aromatic rings. The smallest absolute Gasteiger partial charge is 0.303 e. The molecule has 1 atom stereocenters. The van der Waals surface area contributed by atoms with Crippen LogP contribution in [0.1, 0.15) is 41.3 Å². The van der Waals surface area contributed by atoms with Gasteiger partial charge in [-0.1, -0.05) is 18.5 Å². The van der Waals surface area contributed by atoms with Crippen LogP contribution >= 0.6 is 11.6 Å². The molecule has 3 nitrogen and oxygen atoms in total. The van der Waals surface area contributed by atoms with E-state index in [1.807, 2.05) is 13.8 Å². The highest BCUT2D eigenvalue weighted by Crippen LogP contribution is 2.23. The molecule has 0 heterocycles. The molecule has 1 rings (SSSR count). The zero-order valence-electron chi connectivity index (χ0n) is 10.8. The Hall–Kier alpha value is -1.35. The monoisotopic (exact) mass is 268 g/mol. The number of carbonyl (C=O) groups excluding carboxylic acids is 1. The molecular formula is C14H17ClO3. The Morgan fingerprint density at radius 1 is 1.22 bits per heavy atom. The van der Waals surface area contributed by atoms with Crippen molar-refractivity contribution in [2.45, 2.75) is 33.6 Å². The lowest BCUT2D eigenvalue weighted by atomic mass is 9.94. The lowest BCUT2D eigenvalue weighted by Crippen LogP contribution is -2.11. The van der Waals surface area contributed by atoms with Gasteiger partial charge in [-0.2, -0.15) is 0 Å². The van der Waals surface area contributed by atoms with Gasteiger partial charge in [0.25, 0.3) is 0 Å². The van der Waals surface area contributed by atoms with Crippen LogP contribution in [0.25, 0.3) is 0 Å². The molecule has 0 aliphatic heterocycles. The number of aliphatic carboxylic acids is 1. The van der Waals surface area contributed by atoms with Crippen molar-refractivity contribution in [2.75, 3.05) is 0 Å². The second-order valence-electron chi connectivity index (χ2n) is 4.75. The molecule has 1 N–H and O–H groups in total. The van der Waals surface area contributed by atoms with Gasteiger partial charge in [-0.15, -0.1) is 0 Å². The summed E-state index contributed by atoms with van der Waals surface area (Å²) in [4.78, 5) is 22.6. The van der Waals surface area contributed by atoms with E-state index >= 15 is 0 Å². The van der Waals surface area contributed by atoms with E-state index in [9.17, 15) is 9.59 Å². The van der Waals surface area contributed by atoms with Crippen molar-refractivity contribution in [3.8, 4) is 0 Å². The van der Waals surface area contributed by atoms with Gasteiger partial charge in [0.05, 0.1) is 0 Å². The topological polar surface area (TPSA) is 54.4 Å². The third kappa shape index (κ3) is 3.84. The molecule has 0 aliphatic carbocycles. The third-order valence-electron chi connectivity index (χ3n) is 2.86. The fourth-order valence-corrected chi connectivity index (χ4v) is 2.10. The minimum atomic E-state index is -0.876. The summed E-state index contributed by atoms with van der Waals surface area (Å²) >= 11 is 5.98. The first-order valence-electron chi connectivity index (χ1n) is 5.83. The van der Waals surface area contributed by atoms with E-state index in [0.29, 0.717) is 10.6 Å². The number of aryl methyl sites for hydroxylation is 2. The van der Waals surface area contributed by atoms with Crippen molar-refractivity contribution in [1.82, 2.24) is 0 Å². The molecule has 0 bridgehead atoms. The Morgan fingerprint density at radius 2 is 1.83 bits per heavy atom. The maximum Gasteiger partial charge on any atom is 0.303 e. The van der Waals surface area contributed by atoms with Gasteiger partial charge < -0.3 is 5.11 Å². The van der Waals surface area contributed by atoms with E-state index < -0.39 is 5.97 Å². The maximum atomic E-state index is 12.1. The van der Waals surface area contributed by atoms with Gasteiger partial charge in [0.2, 0.25) is 0 Å². The highest BCUT2D eigenvalue weighted by Gasteiger charge is 2.16. The second-order valence-corrected chi connectivity index (χ2v) is 5.15. The fourth-order valence-electron chi connectivity index (χ4n) is 1.88. The van der Waals surface area contributed by atoms with Gasteiger partial charge in [0.15, 0.2) is 5.78 Å². The number of rotatable bonds is 5. The molecule has 1 unspecified atom stereocenters. The number of carboxylic acid groups (broad SMARTS) is 1. The molecule has 0 radical (unpaired) electrons. The minimum Gasteiger partial charge on any atom is -0.481 e. The fraction of sp³-hybridized carbons (Fsp3) is 0.429. The standard InChI is InChI=1S/C14H17ClO3/c1-8(5-14(17)18)4-13(16)11-6-10(3)12(15)7-9(11)2/h6-8H,4-5H2,1-3H3,(H,17,18). The third-order valence-corrected chi connectivity index (χ3v) is 3.27. The van der Waals surface area contributed by atoms with E-state index in [2.05, 4.69) is 0 Å². The van der Waals surface area contributed by atoms with Crippen LogP contribution in [0.3, 0.4) is 0 Å². The van der Waals surface area contributed by atoms with Crippen LogP contribution < -0.4 is 0 Å². The molecule has 4 heteroatoms. The number of halogens is 1. The molecule has 0 fully saturated rings. The molecule has 0 aliphatic rings. The summed E-state index contributed by atoms with van der Waals surface area (Å²) in [5, 5.41) is 9.32. The Balaban J connectivity index is 2.85. The summed E-state index contributed by atoms with van der Waals surface area (Å²) in [7, 11) is 0. The van der Waals surface area contributed by atoms with Crippen LogP contribution in [0, 0.1) is 19.8 Å². The summed E-state index contributed by atoms with van der Waals surface area (Å²) in [6.07, 6.45) is 0.256. The largest absolute Gasteiger partial charge is 0.481 e. The number of hydrogen-bond acceptors (Lipinski definition) is 2. The van der Waals surface area contributed by atoms with E-state index in [4.69, 9.17) is 16.7 Å². The van der Waals surface area contributed by atoms with E-state index in [-0.39, 0.29) is 24.5 Å². The summed E-state index contributed by atoms with van der Waals surface area (Å²) in [6.45, 7) is 5.45. The number of Topliss-reactive ketones (excluding diaryl/α,β-unsaturated/α-hetero) is 1. The van der Waals surface area contributed by atoms with Gasteiger partial charge in [0.1, 0.15) is 0 Å². The summed E-state index contributed by atoms with van der Waals surface area (Å²) in [6, 6.07) is 3.54. The number of hydrogen-bond donors (Lipinski definition) is 1. The van der Waals surface area contributed by atoms with Crippen LogP contribution in [0.5, 0.6) is 0 Å². The van der Waals surface area contributed by atoms with Crippen molar-refractivity contribution in [3.63, 3.8) is 0 Å². The van der Waals surface area contributed by atoms with E-state index in [0.717, 1.165) is 11.1 Å². The van der Waals surface area contributed by atoms with Crippen molar-refractivity contribution >= 4 is 23.4 Å². The highest BCUT2D eigenvalue weighted by atomic mass is 35.5. The molecular weight excluding hydrogens is 252 g/mol. The van der Waals surface area contributed by atoms with Gasteiger partial charge in [-0.25, -0.2) is 0 Å². The summed E-state index contributed by atoms with van der Waals surface area (Å²) in [5.41, 5.74) is 2.32. The van der Waals surface area contributed by atoms with E-state index in [1.54, 1.807) is 19.1 Å². The molecule has 0 aromatic heterocycles. The highest BCUT2D eigenvalue weighted by molar-refractivity contribution is 6.31. The van der Waals surface area contributed by atoms with Crippen LogP contribution in [0.4, 0.5) is 0 Å². The first-order valence-corrected chi connectivity index (χ1v) is 6.20. The average molecular weight is 269 g/mol. The average Bonchev–Trinajstić information content (AvgIpc) is 2.21. The number of carboxylic acids is 1. The van der Waals surface area contributed by atoms with Crippen molar-refractivity contribution < 1.29 is 14.7 Å². The summed E-state index contributed by atoms with van der Waals surface area (Å²) in [5.74, 6) is -1.06. The van der Waals surface area contributed by atoms with E-state index in [1.165, 1.54) is 0 Å². The molecule has 18 heavy (non-hydrogen) atoms. The van der Waals surface area contributed by atoms with Gasteiger partial charge >= 0.3 is 5.97 Å². The van der Waals surface area contributed by atoms with Gasteiger partial charge in [-0.3, -0.25) is 9.59 Å². The molecule has 98 valence electrons. The molecule has 0 amide bonds. The van der Waals surface area contributed by atoms with Crippen molar-refractivity contribution in [2.24, 2.45) is 5.92 Å². The summed E-state index contributed by atoms with van der Waals surface area (Å²) < 4.78 is 0. The lowest BCUT2D eigenvalue weighted by Gasteiger charge is -2.11. The zero-order valence-corrected chi connectivity index (χ0v) is 11.5. The number of ketones is 1. The molecule has 1 aromatic carbocycles. The Labute approximate surface area is 112 Å². The normalized spacial score (nSPS) is 12.2. The molecule has 0 spiro atoms. The Bertz CT molecular complexity index is 480. The molecule has 0 saturated carbocycles. The predicted octanol–water partition coefficient (Wildman–Crippen LogP) is 3.64. The van der Waals surface area contributed by atoms with Crippen LogP contribution in [0.2, 0.25) is 5.02 Å². The zero-order chi connectivity index (χ0) is 13.9. The predicted molar refractivity (Wildman–Crippen MR) is 71.3 cm³/mol. The first-order chi connectivity index (χ1) is 8.31. The minimum absolute atomic E-state index is 0.0113. The first kappa shape index (κ1) is 14.7. The second kappa shape index (κ2) is 6.01. The van der Waals surface area contributed by atoms with Crippen molar-refractivity contribution in [3.05, 3.63) is 33.8 Å². The van der Waals surface area contributed by atoms with Crippen molar-refractivity contribution in [1.29, 1.82) is 0 Å². The number of carbonyl (C=O) groups is 2. The van der Waals surface area contributed by atoms with Crippen LogP contribution in [-0.4, -0.2) is 16.9 Å². The van der Waals surface area contributed by atoms with Gasteiger partial charge in [0, 0.05) is 23.4 Å². The van der Waals surface area contributed by atoms with Crippen LogP contribution in [0.15, 0.2) is 12.1 Å². The lowest BCUT2D eigenvalue weighted by molar-refractivity contribution is -0.137. The quantitative estimate of drug-likeness (QED) is 0.830. The van der Waals surface area contributed by atoms with Gasteiger partial charge in [-0.05, 0) is 43.0 Å². The SMILES string of the molecule is Cc1cc(C(=O)CC(C)CC(=O)O)c(C)cc1Cl. The Kier molecular flexibility index (Phi) is 4.91. The number of benzene rings is 1. The molecule has 0 saturated heterocycles.